The molecule has 2 aliphatic heterocycles. The molecule has 2 aromatic carbocycles. The van der Waals surface area contributed by atoms with Crippen LogP contribution in [-0.4, -0.2) is 89.1 Å². The van der Waals surface area contributed by atoms with Crippen LogP contribution in [0.2, 0.25) is 0 Å². The highest BCUT2D eigenvalue weighted by molar-refractivity contribution is 5.95. The van der Waals surface area contributed by atoms with E-state index in [4.69, 9.17) is 4.84 Å². The van der Waals surface area contributed by atoms with E-state index < -0.39 is 24.2 Å². The predicted octanol–water partition coefficient (Wildman–Crippen LogP) is 4.62. The second-order valence-electron chi connectivity index (χ2n) is 15.5. The van der Waals surface area contributed by atoms with Gasteiger partial charge in [-0.25, -0.2) is 0 Å². The third kappa shape index (κ3) is 7.36. The van der Waals surface area contributed by atoms with Gasteiger partial charge in [-0.2, -0.15) is 5.06 Å². The summed E-state index contributed by atoms with van der Waals surface area (Å²) in [5, 5.41) is 29.1. The number of nitrogens with zero attached hydrogens (tertiary/aromatic N) is 2. The summed E-state index contributed by atoms with van der Waals surface area (Å²) in [6, 6.07) is 15.0. The first-order chi connectivity index (χ1) is 23.1. The van der Waals surface area contributed by atoms with Gasteiger partial charge < -0.3 is 25.7 Å². The Morgan fingerprint density at radius 1 is 1.04 bits per heavy atom. The Labute approximate surface area is 286 Å². The standard InChI is InChI=1S/C39H56N4O5/c1-25-32-21-31(39(32,3)4)22-33(25)41-38(47)36-35(26(2)45)34(24-44)48-43(36)23-27-11-8-12-28(19-27)29-13-9-14-30(20-29)37(46)40-15-10-18-42-16-6-5-7-17-42/h8-9,11-14,19-20,25-26,31-36,44-45H,5-7,10,15-18,21-24H2,1-4H3,(H,40,46)(H,41,47)/t25-,26-,31+,32-,33-,34-,35+,36-/m0/s1. The number of aliphatic hydroxyl groups is 2. The van der Waals surface area contributed by atoms with E-state index in [-0.39, 0.29) is 24.5 Å². The van der Waals surface area contributed by atoms with E-state index in [1.54, 1.807) is 12.0 Å². The third-order valence-corrected chi connectivity index (χ3v) is 12.2. The maximum absolute atomic E-state index is 14.0. The summed E-state index contributed by atoms with van der Waals surface area (Å²) in [5.41, 5.74) is 3.75. The number of amides is 2. The van der Waals surface area contributed by atoms with Crippen molar-refractivity contribution in [1.82, 2.24) is 20.6 Å². The second-order valence-corrected chi connectivity index (χ2v) is 15.5. The van der Waals surface area contributed by atoms with Gasteiger partial charge in [0.1, 0.15) is 12.1 Å². The van der Waals surface area contributed by atoms with Crippen molar-refractivity contribution in [1.29, 1.82) is 0 Å². The minimum absolute atomic E-state index is 0.0710. The SMILES string of the molecule is C[C@@H]1[C@@H](NC(=O)[C@@H]2[C@H]([C@H](C)O)[C@H](CO)ON2Cc2cccc(-c3cccc(C(=O)NCCCN4CCCCC4)c3)c2)C[C@H]2C[C@@H]1C2(C)C. The summed E-state index contributed by atoms with van der Waals surface area (Å²) in [5.74, 6) is 0.772. The van der Waals surface area contributed by atoms with Crippen LogP contribution in [0.4, 0.5) is 0 Å². The van der Waals surface area contributed by atoms with Gasteiger partial charge in [0.15, 0.2) is 0 Å². The zero-order valence-electron chi connectivity index (χ0n) is 29.2. The first-order valence-corrected chi connectivity index (χ1v) is 18.3. The quantitative estimate of drug-likeness (QED) is 0.246. The average molecular weight is 661 g/mol. The molecule has 0 spiro atoms. The Morgan fingerprint density at radius 2 is 1.77 bits per heavy atom. The number of hydrogen-bond acceptors (Lipinski definition) is 7. The van der Waals surface area contributed by atoms with Crippen molar-refractivity contribution in [3.8, 4) is 11.1 Å². The fourth-order valence-electron chi connectivity index (χ4n) is 9.14. The molecule has 0 aromatic heterocycles. The Bertz CT molecular complexity index is 1420. The molecule has 48 heavy (non-hydrogen) atoms. The minimum Gasteiger partial charge on any atom is -0.394 e. The molecule has 262 valence electrons. The molecular formula is C39H56N4O5. The average Bonchev–Trinajstić information content (AvgIpc) is 3.46. The number of hydroxylamine groups is 2. The molecule has 9 nitrogen and oxygen atoms in total. The molecule has 0 radical (unpaired) electrons. The molecule has 9 heteroatoms. The van der Waals surface area contributed by atoms with Crippen molar-refractivity contribution in [3.63, 3.8) is 0 Å². The molecule has 7 rings (SSSR count). The van der Waals surface area contributed by atoms with Crippen molar-refractivity contribution in [3.05, 3.63) is 59.7 Å². The first kappa shape index (κ1) is 35.0. The van der Waals surface area contributed by atoms with Crippen molar-refractivity contribution in [2.24, 2.45) is 29.1 Å². The maximum atomic E-state index is 14.0. The van der Waals surface area contributed by atoms with Gasteiger partial charge in [0.25, 0.3) is 5.91 Å². The number of rotatable bonds is 12. The molecule has 5 fully saturated rings. The van der Waals surface area contributed by atoms with Crippen molar-refractivity contribution < 1.29 is 24.6 Å². The van der Waals surface area contributed by atoms with Gasteiger partial charge in [0.05, 0.1) is 19.3 Å². The van der Waals surface area contributed by atoms with E-state index in [1.807, 2.05) is 42.5 Å². The highest BCUT2D eigenvalue weighted by Crippen LogP contribution is 2.61. The number of piperidine rings is 1. The van der Waals surface area contributed by atoms with E-state index in [9.17, 15) is 19.8 Å². The minimum atomic E-state index is -0.844. The summed E-state index contributed by atoms with van der Waals surface area (Å²) in [7, 11) is 0. The number of aliphatic hydroxyl groups excluding tert-OH is 2. The predicted molar refractivity (Wildman–Crippen MR) is 187 cm³/mol. The molecule has 2 saturated heterocycles. The molecule has 3 aliphatic carbocycles. The van der Waals surface area contributed by atoms with Crippen molar-refractivity contribution >= 4 is 11.8 Å². The molecule has 4 N–H and O–H groups in total. The van der Waals surface area contributed by atoms with E-state index in [0.29, 0.717) is 41.8 Å². The first-order valence-electron chi connectivity index (χ1n) is 18.3. The summed E-state index contributed by atoms with van der Waals surface area (Å²) < 4.78 is 0. The number of nitrogens with one attached hydrogen (secondary N) is 2. The van der Waals surface area contributed by atoms with Crippen molar-refractivity contribution in [2.45, 2.75) is 97.1 Å². The molecule has 2 aromatic rings. The summed E-state index contributed by atoms with van der Waals surface area (Å²) in [6.07, 6.45) is 5.47. The van der Waals surface area contributed by atoms with Gasteiger partial charge in [0.2, 0.25) is 5.91 Å². The van der Waals surface area contributed by atoms with E-state index in [2.05, 4.69) is 42.4 Å². The third-order valence-electron chi connectivity index (χ3n) is 12.2. The van der Waals surface area contributed by atoms with Crippen LogP contribution in [0.1, 0.15) is 82.1 Å². The Hall–Kier alpha value is -2.82. The summed E-state index contributed by atoms with van der Waals surface area (Å²) >= 11 is 0. The van der Waals surface area contributed by atoms with E-state index in [1.165, 1.54) is 25.7 Å². The fourth-order valence-corrected chi connectivity index (χ4v) is 9.14. The largest absolute Gasteiger partial charge is 0.394 e. The molecule has 5 aliphatic rings. The smallest absolute Gasteiger partial charge is 0.251 e. The summed E-state index contributed by atoms with van der Waals surface area (Å²) in [6.45, 7) is 12.6. The number of likely N-dealkylation sites (tertiary alicyclic amines) is 1. The highest BCUT2D eigenvalue weighted by atomic mass is 16.7. The number of carbonyl (C=O) groups excluding carboxylic acids is 2. The van der Waals surface area contributed by atoms with Gasteiger partial charge in [0, 0.05) is 24.1 Å². The zero-order valence-corrected chi connectivity index (χ0v) is 29.2. The lowest BCUT2D eigenvalue weighted by atomic mass is 9.45. The maximum Gasteiger partial charge on any atom is 0.251 e. The van der Waals surface area contributed by atoms with Gasteiger partial charge in [-0.1, -0.05) is 57.5 Å². The van der Waals surface area contributed by atoms with Crippen LogP contribution in [-0.2, 0) is 16.2 Å². The lowest BCUT2D eigenvalue weighted by Crippen LogP contribution is -2.62. The van der Waals surface area contributed by atoms with E-state index in [0.717, 1.165) is 49.2 Å². The van der Waals surface area contributed by atoms with Crippen LogP contribution < -0.4 is 10.6 Å². The molecule has 2 heterocycles. The molecular weight excluding hydrogens is 604 g/mol. The molecule has 2 bridgehead atoms. The molecule has 2 amide bonds. The van der Waals surface area contributed by atoms with Crippen LogP contribution in [0.3, 0.4) is 0 Å². The number of carbonyl (C=O) groups is 2. The Balaban J connectivity index is 1.12. The molecule has 8 atom stereocenters. The normalized spacial score (nSPS) is 30.8. The fraction of sp³-hybridized carbons (Fsp3) is 0.641. The van der Waals surface area contributed by atoms with Crippen LogP contribution in [0, 0.1) is 29.1 Å². The monoisotopic (exact) mass is 660 g/mol. The summed E-state index contributed by atoms with van der Waals surface area (Å²) in [4.78, 5) is 35.7. The number of benzene rings is 2. The molecule has 0 unspecified atom stereocenters. The topological polar surface area (TPSA) is 114 Å². The van der Waals surface area contributed by atoms with Gasteiger partial charge >= 0.3 is 0 Å². The second kappa shape index (κ2) is 15.0. The van der Waals surface area contributed by atoms with Crippen LogP contribution in [0.15, 0.2) is 48.5 Å². The lowest BCUT2D eigenvalue weighted by molar-refractivity contribution is -0.183. The van der Waals surface area contributed by atoms with Gasteiger partial charge in [-0.15, -0.1) is 0 Å². The zero-order chi connectivity index (χ0) is 34.0. The van der Waals surface area contributed by atoms with Crippen LogP contribution in [0.5, 0.6) is 0 Å². The van der Waals surface area contributed by atoms with Crippen molar-refractivity contribution in [2.75, 3.05) is 32.8 Å². The lowest BCUT2D eigenvalue weighted by Gasteiger charge is -2.62. The van der Waals surface area contributed by atoms with Gasteiger partial charge in [-0.3, -0.25) is 14.4 Å². The van der Waals surface area contributed by atoms with E-state index >= 15 is 0 Å². The molecule has 3 saturated carbocycles. The van der Waals surface area contributed by atoms with Crippen LogP contribution in [0.25, 0.3) is 11.1 Å². The highest BCUT2D eigenvalue weighted by Gasteiger charge is 2.57. The number of hydrogen-bond donors (Lipinski definition) is 4. The van der Waals surface area contributed by atoms with Crippen LogP contribution >= 0.6 is 0 Å². The number of fused-ring (bicyclic) bond motifs is 2. The van der Waals surface area contributed by atoms with Gasteiger partial charge in [-0.05, 0) is 117 Å². The Kier molecular flexibility index (Phi) is 10.9. The Morgan fingerprint density at radius 3 is 2.46 bits per heavy atom.